The molecule has 0 saturated heterocycles. The standard InChI is InChI=1S/C17H17NO2S/c1-12(19)13-4-6-16-14(11-13)8-9-18(16)17(20)7-5-15-3-2-10-21-15/h2-4,6,10-11H,5,7-9H2,1H3. The van der Waals surface area contributed by atoms with Crippen LogP contribution < -0.4 is 4.90 Å². The lowest BCUT2D eigenvalue weighted by molar-refractivity contribution is -0.118. The summed E-state index contributed by atoms with van der Waals surface area (Å²) in [7, 11) is 0. The van der Waals surface area contributed by atoms with Gasteiger partial charge in [-0.05, 0) is 55.0 Å². The Labute approximate surface area is 128 Å². The van der Waals surface area contributed by atoms with Crippen LogP contribution in [0.5, 0.6) is 0 Å². The molecular weight excluding hydrogens is 282 g/mol. The van der Waals surface area contributed by atoms with E-state index < -0.39 is 0 Å². The van der Waals surface area contributed by atoms with Gasteiger partial charge in [0.15, 0.2) is 5.78 Å². The predicted octanol–water partition coefficient (Wildman–Crippen LogP) is 3.47. The van der Waals surface area contributed by atoms with Gasteiger partial charge in [0.1, 0.15) is 0 Å². The van der Waals surface area contributed by atoms with E-state index in [0.29, 0.717) is 6.42 Å². The number of carbonyl (C=O) groups excluding carboxylic acids is 2. The van der Waals surface area contributed by atoms with Crippen LogP contribution in [0.2, 0.25) is 0 Å². The first-order chi connectivity index (χ1) is 10.1. The molecule has 21 heavy (non-hydrogen) atoms. The van der Waals surface area contributed by atoms with E-state index >= 15 is 0 Å². The maximum absolute atomic E-state index is 12.4. The van der Waals surface area contributed by atoms with Crippen molar-refractivity contribution in [1.29, 1.82) is 0 Å². The van der Waals surface area contributed by atoms with Crippen LogP contribution in [0.4, 0.5) is 5.69 Å². The SMILES string of the molecule is CC(=O)c1ccc2c(c1)CCN2C(=O)CCc1cccs1. The third-order valence-corrected chi connectivity index (χ3v) is 4.78. The summed E-state index contributed by atoms with van der Waals surface area (Å²) < 4.78 is 0. The molecule has 0 aliphatic carbocycles. The highest BCUT2D eigenvalue weighted by Gasteiger charge is 2.24. The minimum absolute atomic E-state index is 0.0697. The van der Waals surface area contributed by atoms with E-state index in [1.807, 2.05) is 34.5 Å². The van der Waals surface area contributed by atoms with Gasteiger partial charge in [-0.25, -0.2) is 0 Å². The van der Waals surface area contributed by atoms with Gasteiger partial charge in [-0.3, -0.25) is 9.59 Å². The molecule has 0 unspecified atom stereocenters. The molecule has 1 aliphatic heterocycles. The molecular formula is C17H17NO2S. The average molecular weight is 299 g/mol. The average Bonchev–Trinajstić information content (AvgIpc) is 3.13. The molecule has 0 fully saturated rings. The van der Waals surface area contributed by atoms with E-state index in [1.54, 1.807) is 18.3 Å². The van der Waals surface area contributed by atoms with Gasteiger partial charge < -0.3 is 4.90 Å². The lowest BCUT2D eigenvalue weighted by atomic mass is 10.1. The molecule has 1 aromatic heterocycles. The summed E-state index contributed by atoms with van der Waals surface area (Å²) in [5.41, 5.74) is 2.80. The first kappa shape index (κ1) is 14.0. The Kier molecular flexibility index (Phi) is 3.88. The third kappa shape index (κ3) is 2.90. The van der Waals surface area contributed by atoms with Crippen molar-refractivity contribution in [2.45, 2.75) is 26.2 Å². The van der Waals surface area contributed by atoms with Gasteiger partial charge in [-0.2, -0.15) is 0 Å². The van der Waals surface area contributed by atoms with Gasteiger partial charge in [0.25, 0.3) is 0 Å². The second-order valence-electron chi connectivity index (χ2n) is 5.27. The Bertz CT molecular complexity index is 676. The summed E-state index contributed by atoms with van der Waals surface area (Å²) in [6, 6.07) is 9.71. The summed E-state index contributed by atoms with van der Waals surface area (Å²) >= 11 is 1.69. The number of hydrogen-bond donors (Lipinski definition) is 0. The number of fused-ring (bicyclic) bond motifs is 1. The number of hydrogen-bond acceptors (Lipinski definition) is 3. The summed E-state index contributed by atoms with van der Waals surface area (Å²) in [5.74, 6) is 0.234. The normalized spacial score (nSPS) is 13.3. The predicted molar refractivity (Wildman–Crippen MR) is 85.1 cm³/mol. The number of anilines is 1. The summed E-state index contributed by atoms with van der Waals surface area (Å²) in [4.78, 5) is 26.9. The molecule has 4 heteroatoms. The monoisotopic (exact) mass is 299 g/mol. The molecule has 3 rings (SSSR count). The van der Waals surface area contributed by atoms with Gasteiger partial charge in [-0.15, -0.1) is 11.3 Å². The largest absolute Gasteiger partial charge is 0.312 e. The summed E-state index contributed by atoms with van der Waals surface area (Å²) in [5, 5.41) is 2.04. The van der Waals surface area contributed by atoms with E-state index in [1.165, 1.54) is 4.88 Å². The molecule has 2 heterocycles. The maximum atomic E-state index is 12.4. The molecule has 3 nitrogen and oxygen atoms in total. The number of Topliss-reactive ketones (excluding diaryl/α,β-unsaturated/α-hetero) is 1. The van der Waals surface area contributed by atoms with Crippen molar-refractivity contribution in [2.24, 2.45) is 0 Å². The second kappa shape index (κ2) is 5.82. The third-order valence-electron chi connectivity index (χ3n) is 3.85. The summed E-state index contributed by atoms with van der Waals surface area (Å²) in [6.45, 7) is 2.29. The van der Waals surface area contributed by atoms with E-state index in [4.69, 9.17) is 0 Å². The molecule has 0 N–H and O–H groups in total. The zero-order chi connectivity index (χ0) is 14.8. The maximum Gasteiger partial charge on any atom is 0.227 e. The zero-order valence-corrected chi connectivity index (χ0v) is 12.8. The van der Waals surface area contributed by atoms with Crippen LogP contribution in [-0.4, -0.2) is 18.2 Å². The minimum Gasteiger partial charge on any atom is -0.312 e. The van der Waals surface area contributed by atoms with Crippen LogP contribution in [0.15, 0.2) is 35.7 Å². The van der Waals surface area contributed by atoms with Crippen LogP contribution >= 0.6 is 11.3 Å². The first-order valence-electron chi connectivity index (χ1n) is 7.12. The smallest absolute Gasteiger partial charge is 0.227 e. The molecule has 0 spiro atoms. The molecule has 0 saturated carbocycles. The minimum atomic E-state index is 0.0697. The molecule has 0 radical (unpaired) electrons. The highest BCUT2D eigenvalue weighted by Crippen LogP contribution is 2.29. The fourth-order valence-corrected chi connectivity index (χ4v) is 3.41. The van der Waals surface area contributed by atoms with Gasteiger partial charge in [0.05, 0.1) is 0 Å². The number of ketones is 1. The number of aryl methyl sites for hydroxylation is 1. The molecule has 0 atom stereocenters. The van der Waals surface area contributed by atoms with Crippen molar-refractivity contribution >= 4 is 28.7 Å². The lowest BCUT2D eigenvalue weighted by Crippen LogP contribution is -2.28. The number of carbonyl (C=O) groups is 2. The number of amides is 1. The van der Waals surface area contributed by atoms with Crippen LogP contribution in [0.25, 0.3) is 0 Å². The zero-order valence-electron chi connectivity index (χ0n) is 12.0. The Hall–Kier alpha value is -1.94. The number of thiophene rings is 1. The van der Waals surface area contributed by atoms with E-state index in [-0.39, 0.29) is 11.7 Å². The van der Waals surface area contributed by atoms with Crippen LogP contribution in [-0.2, 0) is 17.6 Å². The Morgan fingerprint density at radius 1 is 1.29 bits per heavy atom. The number of rotatable bonds is 4. The fraction of sp³-hybridized carbons (Fsp3) is 0.294. The van der Waals surface area contributed by atoms with Gasteiger partial charge in [0, 0.05) is 29.1 Å². The Morgan fingerprint density at radius 3 is 2.86 bits per heavy atom. The van der Waals surface area contributed by atoms with Crippen molar-refractivity contribution in [1.82, 2.24) is 0 Å². The van der Waals surface area contributed by atoms with Crippen LogP contribution in [0.1, 0.15) is 34.1 Å². The van der Waals surface area contributed by atoms with E-state index in [0.717, 1.165) is 36.2 Å². The quantitative estimate of drug-likeness (QED) is 0.811. The first-order valence-corrected chi connectivity index (χ1v) is 8.00. The van der Waals surface area contributed by atoms with E-state index in [9.17, 15) is 9.59 Å². The van der Waals surface area contributed by atoms with Gasteiger partial charge in [0.2, 0.25) is 5.91 Å². The topological polar surface area (TPSA) is 37.4 Å². The van der Waals surface area contributed by atoms with Crippen LogP contribution in [0, 0.1) is 0 Å². The highest BCUT2D eigenvalue weighted by molar-refractivity contribution is 7.09. The van der Waals surface area contributed by atoms with Crippen LogP contribution in [0.3, 0.4) is 0 Å². The molecule has 1 aliphatic rings. The van der Waals surface area contributed by atoms with Gasteiger partial charge in [-0.1, -0.05) is 6.07 Å². The molecule has 108 valence electrons. The highest BCUT2D eigenvalue weighted by atomic mass is 32.1. The molecule has 2 aromatic rings. The summed E-state index contributed by atoms with van der Waals surface area (Å²) in [6.07, 6.45) is 2.17. The van der Waals surface area contributed by atoms with Crippen molar-refractivity contribution in [3.63, 3.8) is 0 Å². The Balaban J connectivity index is 1.71. The van der Waals surface area contributed by atoms with Gasteiger partial charge >= 0.3 is 0 Å². The van der Waals surface area contributed by atoms with Crippen molar-refractivity contribution in [3.05, 3.63) is 51.7 Å². The molecule has 1 aromatic carbocycles. The second-order valence-corrected chi connectivity index (χ2v) is 6.31. The van der Waals surface area contributed by atoms with Crippen molar-refractivity contribution < 1.29 is 9.59 Å². The molecule has 0 bridgehead atoms. The number of nitrogens with zero attached hydrogens (tertiary/aromatic N) is 1. The van der Waals surface area contributed by atoms with Crippen molar-refractivity contribution in [3.8, 4) is 0 Å². The lowest BCUT2D eigenvalue weighted by Gasteiger charge is -2.17. The molecule has 1 amide bonds. The fourth-order valence-electron chi connectivity index (χ4n) is 2.70. The van der Waals surface area contributed by atoms with E-state index in [2.05, 4.69) is 6.07 Å². The number of benzene rings is 1. The Morgan fingerprint density at radius 2 is 2.14 bits per heavy atom. The van der Waals surface area contributed by atoms with Crippen molar-refractivity contribution in [2.75, 3.05) is 11.4 Å².